The van der Waals surface area contributed by atoms with Gasteiger partial charge in [0.15, 0.2) is 17.4 Å². The smallest absolute Gasteiger partial charge is 0.303 e. The minimum Gasteiger partial charge on any atom is -0.492 e. The topological polar surface area (TPSA) is 144 Å². The molecule has 44 heavy (non-hydrogen) atoms. The van der Waals surface area contributed by atoms with Crippen LogP contribution in [0, 0.1) is 0 Å². The van der Waals surface area contributed by atoms with Crippen LogP contribution >= 0.6 is 23.4 Å². The van der Waals surface area contributed by atoms with Crippen LogP contribution in [0.5, 0.6) is 5.75 Å². The number of aryl methyl sites for hydroxylation is 1. The van der Waals surface area contributed by atoms with Crippen LogP contribution in [0.4, 0.5) is 0 Å². The molecular formula is C30H34ClN3O9S. The second-order valence-corrected chi connectivity index (χ2v) is 11.5. The Morgan fingerprint density at radius 2 is 1.64 bits per heavy atom. The van der Waals surface area contributed by atoms with Crippen LogP contribution in [-0.4, -0.2) is 76.4 Å². The lowest BCUT2D eigenvalue weighted by atomic mass is 9.97. The van der Waals surface area contributed by atoms with E-state index in [9.17, 15) is 19.2 Å². The van der Waals surface area contributed by atoms with E-state index in [2.05, 4.69) is 5.32 Å². The highest BCUT2D eigenvalue weighted by Crippen LogP contribution is 2.37. The van der Waals surface area contributed by atoms with Crippen LogP contribution in [0.1, 0.15) is 34.1 Å². The summed E-state index contributed by atoms with van der Waals surface area (Å²) in [6.07, 6.45) is -2.74. The molecule has 1 aliphatic heterocycles. The van der Waals surface area contributed by atoms with E-state index in [1.165, 1.54) is 39.5 Å². The van der Waals surface area contributed by atoms with E-state index in [-0.39, 0.29) is 6.61 Å². The van der Waals surface area contributed by atoms with Gasteiger partial charge in [0.1, 0.15) is 29.9 Å². The molecule has 3 aromatic rings. The maximum Gasteiger partial charge on any atom is 0.303 e. The molecule has 1 amide bonds. The number of esters is 3. The van der Waals surface area contributed by atoms with E-state index in [1.54, 1.807) is 12.1 Å². The minimum atomic E-state index is -1.18. The molecule has 1 aliphatic rings. The normalized spacial score (nSPS) is 21.3. The molecule has 1 saturated heterocycles. The summed E-state index contributed by atoms with van der Waals surface area (Å²) in [6, 6.07) is 13.9. The second kappa shape index (κ2) is 15.3. The molecule has 0 spiro atoms. The number of hydrogen-bond donors (Lipinski definition) is 1. The summed E-state index contributed by atoms with van der Waals surface area (Å²) in [4.78, 5) is 53.1. The minimum absolute atomic E-state index is 0.287. The molecule has 5 unspecified atom stereocenters. The molecule has 0 saturated carbocycles. The molecule has 2 aromatic carbocycles. The Labute approximate surface area is 263 Å². The summed E-state index contributed by atoms with van der Waals surface area (Å²) in [5.74, 6) is -1.74. The first kappa shape index (κ1) is 33.1. The fraction of sp³-hybridized carbons (Fsp3) is 0.433. The number of nitrogens with one attached hydrogen (secondary N) is 1. The van der Waals surface area contributed by atoms with E-state index >= 15 is 0 Å². The number of para-hydroxylation sites is 3. The molecule has 0 radical (unpaired) electrons. The maximum absolute atomic E-state index is 12.4. The van der Waals surface area contributed by atoms with Gasteiger partial charge < -0.3 is 33.6 Å². The van der Waals surface area contributed by atoms with E-state index in [1.807, 2.05) is 41.0 Å². The Balaban J connectivity index is 1.65. The molecule has 1 aromatic heterocycles. The number of fused-ring (bicyclic) bond motifs is 1. The quantitative estimate of drug-likeness (QED) is 0.174. The lowest BCUT2D eigenvalue weighted by molar-refractivity contribution is -0.211. The number of rotatable bonds is 12. The molecule has 4 rings (SSSR count). The van der Waals surface area contributed by atoms with Crippen molar-refractivity contribution in [1.29, 1.82) is 0 Å². The van der Waals surface area contributed by atoms with Gasteiger partial charge in [-0.3, -0.25) is 19.2 Å². The number of hydrogen-bond acceptors (Lipinski definition) is 11. The van der Waals surface area contributed by atoms with Gasteiger partial charge in [0.2, 0.25) is 5.91 Å². The number of halogens is 1. The van der Waals surface area contributed by atoms with E-state index in [0.717, 1.165) is 11.0 Å². The lowest BCUT2D eigenvalue weighted by Crippen LogP contribution is -2.65. The number of carbonyl (C=O) groups is 4. The molecule has 14 heteroatoms. The first-order valence-electron chi connectivity index (χ1n) is 13.9. The third-order valence-corrected chi connectivity index (χ3v) is 8.00. The SMILES string of the molecule is CC(=O)NC1C(Sc2nc3ccccc3n2CCCOc2ccccc2Cl)OC(COC(C)=O)C(OC(C)=O)C1OC(C)=O. The number of thioether (sulfide) groups is 1. The highest BCUT2D eigenvalue weighted by atomic mass is 35.5. The van der Waals surface area contributed by atoms with Crippen LogP contribution in [0.3, 0.4) is 0 Å². The van der Waals surface area contributed by atoms with Crippen LogP contribution in [0.2, 0.25) is 5.02 Å². The van der Waals surface area contributed by atoms with Crippen molar-refractivity contribution in [3.05, 3.63) is 53.6 Å². The number of aromatic nitrogens is 2. The Hall–Kier alpha value is -3.81. The molecule has 236 valence electrons. The fourth-order valence-corrected chi connectivity index (χ4v) is 6.26. The van der Waals surface area contributed by atoms with Gasteiger partial charge in [-0.25, -0.2) is 4.98 Å². The van der Waals surface area contributed by atoms with Crippen molar-refractivity contribution in [3.8, 4) is 5.75 Å². The van der Waals surface area contributed by atoms with E-state index < -0.39 is 53.6 Å². The van der Waals surface area contributed by atoms with Crippen molar-refractivity contribution < 1.29 is 42.9 Å². The lowest BCUT2D eigenvalue weighted by Gasteiger charge is -2.44. The summed E-state index contributed by atoms with van der Waals surface area (Å²) in [5.41, 5.74) is 0.704. The van der Waals surface area contributed by atoms with Gasteiger partial charge in [-0.15, -0.1) is 0 Å². The molecule has 1 N–H and O–H groups in total. The summed E-state index contributed by atoms with van der Waals surface area (Å²) >= 11 is 7.42. The number of nitrogens with zero attached hydrogens (tertiary/aromatic N) is 2. The second-order valence-electron chi connectivity index (χ2n) is 10.0. The van der Waals surface area contributed by atoms with Crippen LogP contribution in [0.25, 0.3) is 11.0 Å². The molecule has 1 fully saturated rings. The molecular weight excluding hydrogens is 614 g/mol. The van der Waals surface area contributed by atoms with Gasteiger partial charge in [0.05, 0.1) is 22.7 Å². The average molecular weight is 648 g/mol. The molecule has 0 bridgehead atoms. The average Bonchev–Trinajstić information content (AvgIpc) is 3.30. The summed E-state index contributed by atoms with van der Waals surface area (Å²) in [6.45, 7) is 5.57. The predicted octanol–water partition coefficient (Wildman–Crippen LogP) is 3.91. The number of amides is 1. The van der Waals surface area contributed by atoms with Crippen molar-refractivity contribution in [2.45, 2.75) is 75.6 Å². The number of benzene rings is 2. The van der Waals surface area contributed by atoms with Crippen molar-refractivity contribution in [2.75, 3.05) is 13.2 Å². The first-order valence-corrected chi connectivity index (χ1v) is 15.2. The molecule has 2 heterocycles. The van der Waals surface area contributed by atoms with Crippen molar-refractivity contribution in [1.82, 2.24) is 14.9 Å². The third-order valence-electron chi connectivity index (χ3n) is 6.53. The zero-order chi connectivity index (χ0) is 31.8. The van der Waals surface area contributed by atoms with Crippen molar-refractivity contribution >= 4 is 58.2 Å². The third kappa shape index (κ3) is 8.64. The highest BCUT2D eigenvalue weighted by molar-refractivity contribution is 7.99. The van der Waals surface area contributed by atoms with Gasteiger partial charge in [0, 0.05) is 34.2 Å². The van der Waals surface area contributed by atoms with Crippen molar-refractivity contribution in [3.63, 3.8) is 0 Å². The monoisotopic (exact) mass is 647 g/mol. The maximum atomic E-state index is 12.4. The van der Waals surface area contributed by atoms with Crippen LogP contribution in [0.15, 0.2) is 53.7 Å². The summed E-state index contributed by atoms with van der Waals surface area (Å²) in [5, 5.41) is 3.87. The Bertz CT molecular complexity index is 1500. The van der Waals surface area contributed by atoms with Gasteiger partial charge in [-0.05, 0) is 30.7 Å². The predicted molar refractivity (Wildman–Crippen MR) is 161 cm³/mol. The summed E-state index contributed by atoms with van der Waals surface area (Å²) < 4.78 is 30.6. The largest absolute Gasteiger partial charge is 0.492 e. The fourth-order valence-electron chi connectivity index (χ4n) is 4.82. The zero-order valence-corrected chi connectivity index (χ0v) is 26.3. The zero-order valence-electron chi connectivity index (χ0n) is 24.7. The highest BCUT2D eigenvalue weighted by Gasteiger charge is 2.51. The van der Waals surface area contributed by atoms with Gasteiger partial charge in [0.25, 0.3) is 0 Å². The summed E-state index contributed by atoms with van der Waals surface area (Å²) in [7, 11) is 0. The first-order chi connectivity index (χ1) is 21.0. The molecule has 12 nitrogen and oxygen atoms in total. The molecule has 0 aliphatic carbocycles. The van der Waals surface area contributed by atoms with Crippen LogP contribution < -0.4 is 10.1 Å². The Morgan fingerprint density at radius 3 is 2.32 bits per heavy atom. The number of imidazole rings is 1. The standard InChI is InChI=1S/C30H34ClN3O9S/c1-17(35)32-26-28(42-20(4)38)27(41-19(3)37)25(16-40-18(2)36)43-29(26)44-30-33-22-11-6-7-12-23(22)34(30)14-9-15-39-24-13-8-5-10-21(24)31/h5-8,10-13,25-29H,9,14-16H2,1-4H3,(H,32,35). The van der Waals surface area contributed by atoms with Gasteiger partial charge in [-0.2, -0.15) is 0 Å². The Kier molecular flexibility index (Phi) is 11.5. The van der Waals surface area contributed by atoms with E-state index in [4.69, 9.17) is 40.3 Å². The molecule has 5 atom stereocenters. The number of ether oxygens (including phenoxy) is 5. The van der Waals surface area contributed by atoms with Crippen LogP contribution in [-0.2, 0) is 44.7 Å². The van der Waals surface area contributed by atoms with E-state index in [0.29, 0.717) is 35.5 Å². The number of carbonyl (C=O) groups excluding carboxylic acids is 4. The van der Waals surface area contributed by atoms with Gasteiger partial charge in [-0.1, -0.05) is 47.6 Å². The van der Waals surface area contributed by atoms with Crippen molar-refractivity contribution in [2.24, 2.45) is 0 Å². The van der Waals surface area contributed by atoms with Gasteiger partial charge >= 0.3 is 17.9 Å². The Morgan fingerprint density at radius 1 is 0.955 bits per heavy atom.